The first-order valence-corrected chi connectivity index (χ1v) is 11.6. The van der Waals surface area contributed by atoms with Crippen molar-refractivity contribution in [1.29, 1.82) is 0 Å². The third-order valence-corrected chi connectivity index (χ3v) is 6.32. The molecule has 12 heteroatoms. The van der Waals surface area contributed by atoms with E-state index in [4.69, 9.17) is 4.74 Å². The van der Waals surface area contributed by atoms with Crippen LogP contribution in [0.5, 0.6) is 5.75 Å². The highest BCUT2D eigenvalue weighted by atomic mass is 19.3. The number of aromatic amines is 1. The molecular formula is C25H23F4N5O3. The Balaban J connectivity index is 1.17. The summed E-state index contributed by atoms with van der Waals surface area (Å²) in [6, 6.07) is 5.68. The Bertz CT molecular complexity index is 1320. The number of nitrogens with zero attached hydrogens (tertiary/aromatic N) is 2. The summed E-state index contributed by atoms with van der Waals surface area (Å²) >= 11 is 0. The number of halogens is 4. The van der Waals surface area contributed by atoms with Crippen LogP contribution in [0.3, 0.4) is 0 Å². The van der Waals surface area contributed by atoms with Crippen LogP contribution >= 0.6 is 0 Å². The quantitative estimate of drug-likeness (QED) is 0.414. The van der Waals surface area contributed by atoms with Crippen molar-refractivity contribution in [3.05, 3.63) is 65.5 Å². The SMILES string of the molecule is O=C(COc1cc(F)cc(CNC(=O)N2CCc3cc(-c4cn[nH]c4)c(F)cc32)c1)NC1CC(F)(F)C1. The number of hydrogen-bond donors (Lipinski definition) is 3. The van der Waals surface area contributed by atoms with E-state index in [0.717, 1.165) is 11.6 Å². The highest BCUT2D eigenvalue weighted by Gasteiger charge is 2.45. The standard InChI is InChI=1S/C25H23F4N5O3/c26-17-3-14(4-19(6-17)37-13-23(35)33-18-8-25(28,29)9-18)10-30-24(36)34-2-1-15-5-20(16-11-31-32-12-16)21(27)7-22(15)34/h3-7,11-12,18H,1-2,8-10,13H2,(H,30,36)(H,31,32)(H,33,35). The maximum absolute atomic E-state index is 14.7. The molecule has 2 aliphatic rings. The molecule has 0 spiro atoms. The zero-order chi connectivity index (χ0) is 26.2. The van der Waals surface area contributed by atoms with Gasteiger partial charge in [-0.3, -0.25) is 14.8 Å². The van der Waals surface area contributed by atoms with Gasteiger partial charge in [0.1, 0.15) is 17.4 Å². The van der Waals surface area contributed by atoms with Crippen molar-refractivity contribution in [2.75, 3.05) is 18.1 Å². The largest absolute Gasteiger partial charge is 0.484 e. The van der Waals surface area contributed by atoms with Gasteiger partial charge in [-0.2, -0.15) is 5.10 Å². The van der Waals surface area contributed by atoms with Crippen molar-refractivity contribution < 1.29 is 31.9 Å². The van der Waals surface area contributed by atoms with Gasteiger partial charge in [0.25, 0.3) is 11.8 Å². The first-order valence-electron chi connectivity index (χ1n) is 11.6. The average Bonchev–Trinajstić information content (AvgIpc) is 3.49. The van der Waals surface area contributed by atoms with Crippen LogP contribution in [0.15, 0.2) is 42.7 Å². The molecule has 0 atom stereocenters. The molecule has 1 aromatic heterocycles. The summed E-state index contributed by atoms with van der Waals surface area (Å²) in [4.78, 5) is 26.1. The summed E-state index contributed by atoms with van der Waals surface area (Å²) in [5.41, 5.74) is 2.65. The van der Waals surface area contributed by atoms with Crippen molar-refractivity contribution in [3.8, 4) is 16.9 Å². The normalized spacial score (nSPS) is 16.2. The van der Waals surface area contributed by atoms with E-state index in [1.165, 1.54) is 29.3 Å². The van der Waals surface area contributed by atoms with Crippen molar-refractivity contribution in [2.45, 2.75) is 37.8 Å². The van der Waals surface area contributed by atoms with E-state index in [2.05, 4.69) is 20.8 Å². The number of nitrogens with one attached hydrogen (secondary N) is 3. The number of carbonyl (C=O) groups excluding carboxylic acids is 2. The monoisotopic (exact) mass is 517 g/mol. The molecule has 0 saturated heterocycles. The Hall–Kier alpha value is -4.09. The second kappa shape index (κ2) is 9.75. The third-order valence-electron chi connectivity index (χ3n) is 6.32. The van der Waals surface area contributed by atoms with Crippen LogP contribution < -0.4 is 20.3 Å². The van der Waals surface area contributed by atoms with Crippen LogP contribution in [0.1, 0.15) is 24.0 Å². The minimum atomic E-state index is -2.75. The van der Waals surface area contributed by atoms with Gasteiger partial charge in [0.05, 0.1) is 11.9 Å². The van der Waals surface area contributed by atoms with Crippen LogP contribution in [0.25, 0.3) is 11.1 Å². The minimum Gasteiger partial charge on any atom is -0.484 e. The third kappa shape index (κ3) is 5.52. The predicted octanol–water partition coefficient (Wildman–Crippen LogP) is 3.92. The first-order chi connectivity index (χ1) is 17.7. The number of carbonyl (C=O) groups is 2. The highest BCUT2D eigenvalue weighted by Crippen LogP contribution is 2.37. The molecule has 37 heavy (non-hydrogen) atoms. The molecule has 3 aromatic rings. The van der Waals surface area contributed by atoms with E-state index in [0.29, 0.717) is 35.3 Å². The van der Waals surface area contributed by atoms with Crippen molar-refractivity contribution in [3.63, 3.8) is 0 Å². The Kier molecular flexibility index (Phi) is 6.48. The smallest absolute Gasteiger partial charge is 0.322 e. The van der Waals surface area contributed by atoms with Gasteiger partial charge in [0, 0.05) is 55.4 Å². The lowest BCUT2D eigenvalue weighted by atomic mass is 9.88. The van der Waals surface area contributed by atoms with E-state index in [-0.39, 0.29) is 12.3 Å². The first kappa shape index (κ1) is 24.6. The van der Waals surface area contributed by atoms with E-state index in [1.807, 2.05) is 0 Å². The molecule has 1 saturated carbocycles. The zero-order valence-electron chi connectivity index (χ0n) is 19.5. The van der Waals surface area contributed by atoms with Gasteiger partial charge in [-0.25, -0.2) is 22.4 Å². The summed E-state index contributed by atoms with van der Waals surface area (Å²) in [7, 11) is 0. The summed E-state index contributed by atoms with van der Waals surface area (Å²) < 4.78 is 59.9. The average molecular weight is 517 g/mol. The number of H-pyrrole nitrogens is 1. The summed E-state index contributed by atoms with van der Waals surface area (Å²) in [6.07, 6.45) is 2.82. The van der Waals surface area contributed by atoms with Gasteiger partial charge in [-0.15, -0.1) is 0 Å². The van der Waals surface area contributed by atoms with E-state index in [1.54, 1.807) is 12.3 Å². The number of fused-ring (bicyclic) bond motifs is 1. The molecule has 8 nitrogen and oxygen atoms in total. The number of benzene rings is 2. The topological polar surface area (TPSA) is 99.3 Å². The number of ether oxygens (including phenoxy) is 1. The Morgan fingerprint density at radius 1 is 1.16 bits per heavy atom. The lowest BCUT2D eigenvalue weighted by Crippen LogP contribution is -2.51. The maximum Gasteiger partial charge on any atom is 0.322 e. The van der Waals surface area contributed by atoms with Gasteiger partial charge in [0.2, 0.25) is 0 Å². The van der Waals surface area contributed by atoms with Crippen molar-refractivity contribution >= 4 is 17.6 Å². The Labute approximate surface area is 209 Å². The zero-order valence-corrected chi connectivity index (χ0v) is 19.5. The van der Waals surface area contributed by atoms with Crippen molar-refractivity contribution in [2.24, 2.45) is 0 Å². The van der Waals surface area contributed by atoms with Crippen LogP contribution in [-0.2, 0) is 17.8 Å². The summed E-state index contributed by atoms with van der Waals surface area (Å²) in [5.74, 6) is -4.41. The minimum absolute atomic E-state index is 0.0439. The molecule has 5 rings (SSSR count). The molecule has 1 aliphatic carbocycles. The fourth-order valence-corrected chi connectivity index (χ4v) is 4.50. The number of rotatable bonds is 7. The second-order valence-electron chi connectivity index (χ2n) is 9.12. The molecule has 3 N–H and O–H groups in total. The van der Waals surface area contributed by atoms with Crippen LogP contribution in [0.2, 0.25) is 0 Å². The number of hydrogen-bond acceptors (Lipinski definition) is 4. The fraction of sp³-hybridized carbons (Fsp3) is 0.320. The number of amides is 3. The summed E-state index contributed by atoms with van der Waals surface area (Å²) in [5, 5.41) is 11.6. The highest BCUT2D eigenvalue weighted by molar-refractivity contribution is 5.94. The van der Waals surface area contributed by atoms with Gasteiger partial charge in [0.15, 0.2) is 6.61 Å². The Morgan fingerprint density at radius 2 is 1.97 bits per heavy atom. The van der Waals surface area contributed by atoms with Crippen LogP contribution in [0, 0.1) is 11.6 Å². The number of urea groups is 1. The van der Waals surface area contributed by atoms with Crippen LogP contribution in [-0.4, -0.2) is 47.3 Å². The molecule has 3 amide bonds. The van der Waals surface area contributed by atoms with E-state index >= 15 is 0 Å². The number of alkyl halides is 2. The molecular weight excluding hydrogens is 494 g/mol. The van der Waals surface area contributed by atoms with Crippen molar-refractivity contribution in [1.82, 2.24) is 20.8 Å². The van der Waals surface area contributed by atoms with Gasteiger partial charge >= 0.3 is 6.03 Å². The van der Waals surface area contributed by atoms with Gasteiger partial charge < -0.3 is 15.4 Å². The molecule has 194 valence electrons. The molecule has 1 aliphatic heterocycles. The summed E-state index contributed by atoms with van der Waals surface area (Å²) in [6.45, 7) is -0.152. The molecule has 2 heterocycles. The molecule has 0 unspecified atom stereocenters. The molecule has 0 radical (unpaired) electrons. The Morgan fingerprint density at radius 3 is 2.70 bits per heavy atom. The number of anilines is 1. The lowest BCUT2D eigenvalue weighted by molar-refractivity contribution is -0.131. The van der Waals surface area contributed by atoms with Gasteiger partial charge in [-0.05, 0) is 41.8 Å². The maximum atomic E-state index is 14.7. The molecule has 2 aromatic carbocycles. The van der Waals surface area contributed by atoms with E-state index in [9.17, 15) is 27.2 Å². The second-order valence-corrected chi connectivity index (χ2v) is 9.12. The number of aromatic nitrogens is 2. The predicted molar refractivity (Wildman–Crippen MR) is 125 cm³/mol. The lowest BCUT2D eigenvalue weighted by Gasteiger charge is -2.35. The molecule has 0 bridgehead atoms. The van der Waals surface area contributed by atoms with Crippen LogP contribution in [0.4, 0.5) is 28.0 Å². The van der Waals surface area contributed by atoms with E-state index < -0.39 is 55.0 Å². The fourth-order valence-electron chi connectivity index (χ4n) is 4.50. The molecule has 1 fully saturated rings. The van der Waals surface area contributed by atoms with Gasteiger partial charge in [-0.1, -0.05) is 0 Å².